The summed E-state index contributed by atoms with van der Waals surface area (Å²) in [7, 11) is 0. The highest BCUT2D eigenvalue weighted by atomic mass is 35.6. The molecule has 0 amide bonds. The van der Waals surface area contributed by atoms with Crippen LogP contribution in [0.15, 0.2) is 0 Å². The second kappa shape index (κ2) is 7.63. The van der Waals surface area contributed by atoms with Crippen LogP contribution in [0.5, 0.6) is 0 Å². The van der Waals surface area contributed by atoms with E-state index in [1.807, 2.05) is 0 Å². The average Bonchev–Trinajstić information content (AvgIpc) is 1.95. The maximum atomic E-state index is 10.3. The number of carboxylic acids is 3. The van der Waals surface area contributed by atoms with Gasteiger partial charge in [-0.2, -0.15) is 0 Å². The van der Waals surface area contributed by atoms with Gasteiger partial charge in [-0.3, -0.25) is 9.59 Å². The highest BCUT2D eigenvalue weighted by Crippen LogP contribution is 2.23. The molecule has 0 aromatic rings. The van der Waals surface area contributed by atoms with Gasteiger partial charge in [0, 0.05) is 0 Å². The molecule has 0 aliphatic rings. The van der Waals surface area contributed by atoms with Gasteiger partial charge < -0.3 is 20.4 Å². The van der Waals surface area contributed by atoms with E-state index in [0.717, 1.165) is 0 Å². The molecule has 4 N–H and O–H groups in total. The Hall–Kier alpha value is -0.760. The summed E-state index contributed by atoms with van der Waals surface area (Å²) in [6, 6.07) is 0. The zero-order valence-electron chi connectivity index (χ0n) is 9.06. The van der Waals surface area contributed by atoms with Crippen molar-refractivity contribution in [2.24, 2.45) is 0 Å². The minimum Gasteiger partial charge on any atom is -0.481 e. The molecular weight excluding hydrogens is 314 g/mol. The third kappa shape index (κ3) is 13.3. The van der Waals surface area contributed by atoms with Crippen LogP contribution in [0, 0.1) is 0 Å². The predicted octanol–water partition coefficient (Wildman–Crippen LogP) is 1.13. The van der Waals surface area contributed by atoms with Crippen LogP contribution in [0.3, 0.4) is 0 Å². The number of alkyl halides is 3. The van der Waals surface area contributed by atoms with Crippen molar-refractivity contribution in [2.75, 3.05) is 0 Å². The van der Waals surface area contributed by atoms with Crippen molar-refractivity contribution in [2.45, 2.75) is 29.2 Å². The van der Waals surface area contributed by atoms with E-state index in [2.05, 4.69) is 0 Å². The lowest BCUT2D eigenvalue weighted by molar-refractivity contribution is -0.170. The molecule has 106 valence electrons. The first-order valence-corrected chi connectivity index (χ1v) is 5.37. The Kier molecular flexibility index (Phi) is 8.29. The predicted molar refractivity (Wildman–Crippen MR) is 63.1 cm³/mol. The van der Waals surface area contributed by atoms with Crippen molar-refractivity contribution in [1.29, 1.82) is 0 Å². The molecule has 0 aromatic carbocycles. The molecule has 0 aliphatic carbocycles. The largest absolute Gasteiger partial charge is 0.481 e. The molecule has 0 rings (SSSR count). The van der Waals surface area contributed by atoms with Crippen molar-refractivity contribution < 1.29 is 34.8 Å². The van der Waals surface area contributed by atoms with Crippen molar-refractivity contribution in [3.8, 4) is 0 Å². The number of hydrogen-bond acceptors (Lipinski definition) is 4. The Morgan fingerprint density at radius 2 is 1.17 bits per heavy atom. The fourth-order valence-electron chi connectivity index (χ4n) is 0.714. The topological polar surface area (TPSA) is 132 Å². The van der Waals surface area contributed by atoms with Gasteiger partial charge in [0.15, 0.2) is 9.39 Å². The van der Waals surface area contributed by atoms with Gasteiger partial charge >= 0.3 is 17.9 Å². The quantitative estimate of drug-likeness (QED) is 0.557. The average molecular weight is 326 g/mol. The lowest BCUT2D eigenvalue weighted by Crippen LogP contribution is -2.42. The second-order valence-corrected chi connectivity index (χ2v) is 6.11. The molecule has 7 nitrogen and oxygen atoms in total. The third-order valence-corrected chi connectivity index (χ3v) is 1.29. The number of halogens is 3. The monoisotopic (exact) mass is 324 g/mol. The van der Waals surface area contributed by atoms with Crippen LogP contribution in [0.2, 0.25) is 0 Å². The van der Waals surface area contributed by atoms with E-state index in [4.69, 9.17) is 55.2 Å². The summed E-state index contributed by atoms with van der Waals surface area (Å²) in [5.41, 5.74) is -2.74. The maximum Gasteiger partial charge on any atom is 0.336 e. The molecule has 10 heteroatoms. The van der Waals surface area contributed by atoms with Crippen molar-refractivity contribution in [3.05, 3.63) is 0 Å². The Labute approximate surface area is 117 Å². The highest BCUT2D eigenvalue weighted by Gasteiger charge is 2.40. The first-order valence-electron chi connectivity index (χ1n) is 4.24. The molecule has 0 heterocycles. The molecule has 0 aromatic heterocycles. The molecule has 0 radical (unpaired) electrons. The summed E-state index contributed by atoms with van der Waals surface area (Å²) in [5, 5.41) is 33.8. The molecule has 0 fully saturated rings. The number of aliphatic carboxylic acids is 3. The maximum absolute atomic E-state index is 10.3. The Balaban J connectivity index is 0. The molecule has 18 heavy (non-hydrogen) atoms. The van der Waals surface area contributed by atoms with Gasteiger partial charge in [-0.25, -0.2) is 4.79 Å². The molecule has 0 spiro atoms. The van der Waals surface area contributed by atoms with Crippen molar-refractivity contribution >= 4 is 52.7 Å². The van der Waals surface area contributed by atoms with Gasteiger partial charge in [-0.15, -0.1) is 0 Å². The van der Waals surface area contributed by atoms with Crippen molar-refractivity contribution in [3.63, 3.8) is 0 Å². The molecule has 0 bridgehead atoms. The summed E-state index contributed by atoms with van der Waals surface area (Å²) in [4.78, 5) is 30.5. The minimum absolute atomic E-state index is 1.08. The summed E-state index contributed by atoms with van der Waals surface area (Å²) in [5.74, 6) is -5.02. The lowest BCUT2D eigenvalue weighted by Gasteiger charge is -2.18. The number of rotatable bonds is 5. The minimum atomic E-state index is -2.74. The molecule has 0 aliphatic heterocycles. The van der Waals surface area contributed by atoms with Gasteiger partial charge in [0.1, 0.15) is 0 Å². The molecule has 0 saturated carbocycles. The lowest BCUT2D eigenvalue weighted by atomic mass is 9.96. The van der Waals surface area contributed by atoms with Gasteiger partial charge in [0.2, 0.25) is 0 Å². The van der Waals surface area contributed by atoms with Crippen LogP contribution in [0.4, 0.5) is 0 Å². The zero-order chi connectivity index (χ0) is 15.1. The van der Waals surface area contributed by atoms with E-state index in [1.165, 1.54) is 6.92 Å². The standard InChI is InChI=1S/C6H8O7.C2H3Cl3/c7-3(8)1-6(13,5(11)12)2-4(9)10;1-2(3,4)5/h13H,1-2H2,(H,7,8)(H,9,10)(H,11,12);1H3. The summed E-state index contributed by atoms with van der Waals surface area (Å²) in [6.07, 6.45) is -2.29. The van der Waals surface area contributed by atoms with E-state index < -0.39 is 40.1 Å². The Bertz CT molecular complexity index is 301. The first kappa shape index (κ1) is 19.6. The van der Waals surface area contributed by atoms with Gasteiger partial charge in [-0.05, 0) is 6.92 Å². The van der Waals surface area contributed by atoms with Crippen LogP contribution in [0.1, 0.15) is 19.8 Å². The molecule has 0 saturated heterocycles. The van der Waals surface area contributed by atoms with Crippen molar-refractivity contribution in [1.82, 2.24) is 0 Å². The number of carbonyl (C=O) groups is 3. The van der Waals surface area contributed by atoms with E-state index in [-0.39, 0.29) is 0 Å². The molecule has 0 atom stereocenters. The third-order valence-electron chi connectivity index (χ3n) is 1.29. The van der Waals surface area contributed by atoms with Crippen LogP contribution >= 0.6 is 34.8 Å². The zero-order valence-corrected chi connectivity index (χ0v) is 11.3. The smallest absolute Gasteiger partial charge is 0.336 e. The summed E-state index contributed by atoms with van der Waals surface area (Å²) >= 11 is 15.2. The molecule has 0 unspecified atom stereocenters. The van der Waals surface area contributed by atoms with Crippen LogP contribution in [0.25, 0.3) is 0 Å². The SMILES string of the molecule is CC(Cl)(Cl)Cl.O=C(O)CC(O)(CC(=O)O)C(=O)O. The van der Waals surface area contributed by atoms with Crippen LogP contribution in [-0.4, -0.2) is 47.7 Å². The Morgan fingerprint density at radius 1 is 0.944 bits per heavy atom. The molecular formula is C8H11Cl3O7. The van der Waals surface area contributed by atoms with Gasteiger partial charge in [0.25, 0.3) is 0 Å². The number of hydrogen-bond donors (Lipinski definition) is 4. The first-order chi connectivity index (χ1) is 7.78. The Morgan fingerprint density at radius 3 is 1.28 bits per heavy atom. The van der Waals surface area contributed by atoms with Gasteiger partial charge in [-0.1, -0.05) is 34.8 Å². The highest BCUT2D eigenvalue weighted by molar-refractivity contribution is 6.67. The number of carboxylic acid groups (broad SMARTS) is 3. The van der Waals surface area contributed by atoms with E-state index in [9.17, 15) is 14.4 Å². The van der Waals surface area contributed by atoms with Gasteiger partial charge in [0.05, 0.1) is 12.8 Å². The van der Waals surface area contributed by atoms with Crippen LogP contribution in [-0.2, 0) is 14.4 Å². The van der Waals surface area contributed by atoms with Crippen LogP contribution < -0.4 is 0 Å². The summed E-state index contributed by atoms with van der Waals surface area (Å²) in [6.45, 7) is 1.48. The van der Waals surface area contributed by atoms with E-state index in [0.29, 0.717) is 0 Å². The number of aliphatic hydroxyl groups is 1. The van der Waals surface area contributed by atoms with E-state index >= 15 is 0 Å². The second-order valence-electron chi connectivity index (χ2n) is 3.26. The summed E-state index contributed by atoms with van der Waals surface area (Å²) < 4.78 is -1.08. The normalized spacial score (nSPS) is 11.2. The van der Waals surface area contributed by atoms with E-state index in [1.54, 1.807) is 0 Å². The fraction of sp³-hybridized carbons (Fsp3) is 0.625. The fourth-order valence-corrected chi connectivity index (χ4v) is 0.714.